The van der Waals surface area contributed by atoms with Crippen LogP contribution in [0.5, 0.6) is 0 Å². The van der Waals surface area contributed by atoms with E-state index in [2.05, 4.69) is 39.3 Å². The van der Waals surface area contributed by atoms with Crippen molar-refractivity contribution >= 4 is 32.1 Å². The number of pyridine rings is 2. The van der Waals surface area contributed by atoms with E-state index < -0.39 is 9.84 Å². The van der Waals surface area contributed by atoms with E-state index in [1.165, 1.54) is 11.8 Å². The third-order valence-corrected chi connectivity index (χ3v) is 9.65. The molecule has 2 aliphatic rings. The summed E-state index contributed by atoms with van der Waals surface area (Å²) in [6, 6.07) is 17.7. The molecule has 0 atom stereocenters. The number of hydrogen-bond donors (Lipinski definition) is 2. The highest BCUT2D eigenvalue weighted by atomic mass is 32.2. The van der Waals surface area contributed by atoms with Crippen LogP contribution in [0.25, 0.3) is 22.0 Å². The maximum Gasteiger partial charge on any atom is 0.259 e. The molecule has 2 aliphatic heterocycles. The Morgan fingerprint density at radius 3 is 2.41 bits per heavy atom. The Morgan fingerprint density at radius 2 is 1.71 bits per heavy atom. The van der Waals surface area contributed by atoms with Gasteiger partial charge in [0.2, 0.25) is 0 Å². The van der Waals surface area contributed by atoms with E-state index in [1.807, 2.05) is 36.4 Å². The molecule has 214 valence electrons. The zero-order valence-corrected chi connectivity index (χ0v) is 24.5. The van der Waals surface area contributed by atoms with Crippen molar-refractivity contribution < 1.29 is 8.42 Å². The predicted octanol–water partition coefficient (Wildman–Crippen LogP) is 5.14. The smallest absolute Gasteiger partial charge is 0.259 e. The second kappa shape index (κ2) is 11.4. The SMILES string of the molecule is CN1CCC(c2ccc(Nc3nc(-c4ccc(CN5CCCC5)c(S(C)(=O)=O)c4)cc4cc[nH]c(=O)c34)cc2)CC1. The minimum absolute atomic E-state index is 0.232. The molecule has 2 saturated heterocycles. The maximum atomic E-state index is 12.9. The molecule has 9 heteroatoms. The molecule has 2 aromatic carbocycles. The molecule has 41 heavy (non-hydrogen) atoms. The highest BCUT2D eigenvalue weighted by molar-refractivity contribution is 7.90. The molecule has 0 radical (unpaired) electrons. The van der Waals surface area contributed by atoms with Crippen LogP contribution in [0.1, 0.15) is 42.7 Å². The van der Waals surface area contributed by atoms with Crippen LogP contribution in [0.2, 0.25) is 0 Å². The van der Waals surface area contributed by atoms with E-state index >= 15 is 0 Å². The molecule has 4 heterocycles. The number of nitrogens with zero attached hydrogens (tertiary/aromatic N) is 3. The van der Waals surface area contributed by atoms with E-state index in [9.17, 15) is 13.2 Å². The summed E-state index contributed by atoms with van der Waals surface area (Å²) in [6.07, 6.45) is 7.47. The largest absolute Gasteiger partial charge is 0.340 e. The fraction of sp³-hybridized carbons (Fsp3) is 0.375. The molecule has 4 aromatic rings. The maximum absolute atomic E-state index is 12.9. The van der Waals surface area contributed by atoms with Gasteiger partial charge in [0.05, 0.1) is 16.0 Å². The predicted molar refractivity (Wildman–Crippen MR) is 165 cm³/mol. The number of aromatic amines is 1. The molecule has 0 aliphatic carbocycles. The van der Waals surface area contributed by atoms with Crippen molar-refractivity contribution in [1.82, 2.24) is 19.8 Å². The van der Waals surface area contributed by atoms with Crippen LogP contribution in [-0.2, 0) is 16.4 Å². The second-order valence-corrected chi connectivity index (χ2v) is 13.5. The van der Waals surface area contributed by atoms with E-state index in [1.54, 1.807) is 12.3 Å². The number of fused-ring (bicyclic) bond motifs is 1. The van der Waals surface area contributed by atoms with Crippen molar-refractivity contribution in [2.24, 2.45) is 0 Å². The van der Waals surface area contributed by atoms with Crippen molar-refractivity contribution in [1.29, 1.82) is 0 Å². The number of likely N-dealkylation sites (tertiary alicyclic amines) is 2. The van der Waals surface area contributed by atoms with Gasteiger partial charge in [-0.15, -0.1) is 0 Å². The molecular formula is C32H37N5O3S. The first-order valence-electron chi connectivity index (χ1n) is 14.4. The lowest BCUT2D eigenvalue weighted by molar-refractivity contribution is 0.255. The molecule has 2 fully saturated rings. The normalized spacial score (nSPS) is 17.3. The topological polar surface area (TPSA) is 98.4 Å². The number of aromatic nitrogens is 2. The monoisotopic (exact) mass is 571 g/mol. The lowest BCUT2D eigenvalue weighted by Gasteiger charge is -2.29. The van der Waals surface area contributed by atoms with Crippen LogP contribution < -0.4 is 10.9 Å². The summed E-state index contributed by atoms with van der Waals surface area (Å²) >= 11 is 0. The van der Waals surface area contributed by atoms with Crippen molar-refractivity contribution in [3.8, 4) is 11.3 Å². The van der Waals surface area contributed by atoms with Crippen LogP contribution >= 0.6 is 0 Å². The molecule has 2 N–H and O–H groups in total. The summed E-state index contributed by atoms with van der Waals surface area (Å²) in [5, 5.41) is 4.57. The van der Waals surface area contributed by atoms with Crippen molar-refractivity contribution in [3.05, 3.63) is 82.3 Å². The van der Waals surface area contributed by atoms with Crippen LogP contribution in [0.15, 0.2) is 70.5 Å². The van der Waals surface area contributed by atoms with Gasteiger partial charge in [-0.25, -0.2) is 13.4 Å². The number of rotatable bonds is 7. The second-order valence-electron chi connectivity index (χ2n) is 11.5. The Hall–Kier alpha value is -3.53. The quantitative estimate of drug-likeness (QED) is 0.317. The summed E-state index contributed by atoms with van der Waals surface area (Å²) in [5.41, 5.74) is 4.04. The van der Waals surface area contributed by atoms with Gasteiger partial charge in [-0.05, 0) is 112 Å². The number of sulfone groups is 1. The van der Waals surface area contributed by atoms with Gasteiger partial charge in [-0.2, -0.15) is 0 Å². The van der Waals surface area contributed by atoms with Crippen LogP contribution in [0.4, 0.5) is 11.5 Å². The summed E-state index contributed by atoms with van der Waals surface area (Å²) in [4.78, 5) is 25.5. The first kappa shape index (κ1) is 27.6. The van der Waals surface area contributed by atoms with Crippen LogP contribution in [0, 0.1) is 0 Å². The molecular weight excluding hydrogens is 534 g/mol. The van der Waals surface area contributed by atoms with Gasteiger partial charge in [0.25, 0.3) is 5.56 Å². The fourth-order valence-corrected chi connectivity index (χ4v) is 7.09. The molecule has 2 aromatic heterocycles. The molecule has 8 nitrogen and oxygen atoms in total. The standard InChI is InChI=1S/C32H37N5O3S/c1-36-17-12-23(13-18-36)22-7-9-27(10-8-22)34-31-30-25(11-14-33-32(30)38)19-28(35-31)24-5-6-26(21-37-15-3-4-16-37)29(20-24)41(2,39)40/h5-11,14,19-20,23H,3-4,12-13,15-18,21H2,1-2H3,(H,33,38)(H,34,35). The summed E-state index contributed by atoms with van der Waals surface area (Å²) in [7, 11) is -1.29. The first-order chi connectivity index (χ1) is 19.7. The lowest BCUT2D eigenvalue weighted by atomic mass is 9.89. The van der Waals surface area contributed by atoms with Gasteiger partial charge >= 0.3 is 0 Å². The van der Waals surface area contributed by atoms with Crippen molar-refractivity contribution in [2.75, 3.05) is 44.8 Å². The first-order valence-corrected chi connectivity index (χ1v) is 16.3. The average molecular weight is 572 g/mol. The lowest BCUT2D eigenvalue weighted by Crippen LogP contribution is -2.29. The van der Waals surface area contributed by atoms with Gasteiger partial charge in [0.15, 0.2) is 9.84 Å². The highest BCUT2D eigenvalue weighted by Crippen LogP contribution is 2.32. The van der Waals surface area contributed by atoms with Gasteiger partial charge in [-0.1, -0.05) is 24.3 Å². The van der Waals surface area contributed by atoms with Crippen LogP contribution in [-0.4, -0.2) is 67.7 Å². The number of H-pyrrole nitrogens is 1. The fourth-order valence-electron chi connectivity index (χ4n) is 6.14. The summed E-state index contributed by atoms with van der Waals surface area (Å²) in [5.74, 6) is 0.997. The molecule has 0 saturated carbocycles. The third-order valence-electron chi connectivity index (χ3n) is 8.47. The van der Waals surface area contributed by atoms with E-state index in [0.717, 1.165) is 68.5 Å². The van der Waals surface area contributed by atoms with Gasteiger partial charge in [0.1, 0.15) is 5.82 Å². The van der Waals surface area contributed by atoms with Crippen LogP contribution in [0.3, 0.4) is 0 Å². The number of piperidine rings is 1. The summed E-state index contributed by atoms with van der Waals surface area (Å²) < 4.78 is 25.7. The highest BCUT2D eigenvalue weighted by Gasteiger charge is 2.21. The van der Waals surface area contributed by atoms with E-state index in [0.29, 0.717) is 39.8 Å². The Kier molecular flexibility index (Phi) is 7.68. The molecule has 0 spiro atoms. The Balaban J connectivity index is 1.35. The third kappa shape index (κ3) is 6.07. The average Bonchev–Trinajstić information content (AvgIpc) is 3.47. The Morgan fingerprint density at radius 1 is 0.976 bits per heavy atom. The van der Waals surface area contributed by atoms with E-state index in [4.69, 9.17) is 4.98 Å². The van der Waals surface area contributed by atoms with Gasteiger partial charge in [-0.3, -0.25) is 9.69 Å². The number of benzene rings is 2. The number of nitrogens with one attached hydrogen (secondary N) is 2. The summed E-state index contributed by atoms with van der Waals surface area (Å²) in [6.45, 7) is 4.80. The van der Waals surface area contributed by atoms with Gasteiger partial charge < -0.3 is 15.2 Å². The molecule has 0 unspecified atom stereocenters. The van der Waals surface area contributed by atoms with Crippen molar-refractivity contribution in [3.63, 3.8) is 0 Å². The number of hydrogen-bond acceptors (Lipinski definition) is 7. The molecule has 6 rings (SSSR count). The Bertz CT molecular complexity index is 1720. The zero-order valence-electron chi connectivity index (χ0n) is 23.7. The Labute approximate surface area is 241 Å². The van der Waals surface area contributed by atoms with Crippen molar-refractivity contribution in [2.45, 2.75) is 43.0 Å². The minimum atomic E-state index is -3.46. The van der Waals surface area contributed by atoms with E-state index in [-0.39, 0.29) is 5.56 Å². The molecule has 0 bridgehead atoms. The zero-order chi connectivity index (χ0) is 28.6. The minimum Gasteiger partial charge on any atom is -0.340 e. The molecule has 0 amide bonds. The number of anilines is 2. The van der Waals surface area contributed by atoms with Gasteiger partial charge in [0, 0.05) is 30.2 Å².